The predicted octanol–water partition coefficient (Wildman–Crippen LogP) is 2.53. The molecule has 0 bridgehead atoms. The smallest absolute Gasteiger partial charge is 0.268 e. The van der Waals surface area contributed by atoms with Crippen LogP contribution in [0.2, 0.25) is 0 Å². The average Bonchev–Trinajstić information content (AvgIpc) is 2.77. The number of aromatic nitrogens is 1. The van der Waals surface area contributed by atoms with Crippen LogP contribution >= 0.6 is 11.3 Å². The summed E-state index contributed by atoms with van der Waals surface area (Å²) in [7, 11) is 1.63. The Morgan fingerprint density at radius 1 is 1.39 bits per heavy atom. The van der Waals surface area contributed by atoms with Crippen LogP contribution in [0.25, 0.3) is 10.6 Å². The largest absolute Gasteiger partial charge is 0.496 e. The van der Waals surface area contributed by atoms with E-state index in [0.717, 1.165) is 27.4 Å². The normalized spacial score (nSPS) is 10.4. The molecule has 1 aromatic heterocycles. The van der Waals surface area contributed by atoms with Gasteiger partial charge in [-0.3, -0.25) is 4.79 Å². The number of carbonyl (C=O) groups is 1. The Kier molecular flexibility index (Phi) is 3.34. The van der Waals surface area contributed by atoms with Crippen LogP contribution in [-0.2, 0) is 0 Å². The van der Waals surface area contributed by atoms with E-state index in [1.165, 1.54) is 11.3 Å². The number of nitrogens with zero attached hydrogens (tertiary/aromatic N) is 1. The zero-order valence-electron chi connectivity index (χ0n) is 10.5. The fraction of sp³-hybridized carbons (Fsp3) is 0.231. The molecule has 1 aromatic carbocycles. The summed E-state index contributed by atoms with van der Waals surface area (Å²) in [5.41, 5.74) is 8.61. The van der Waals surface area contributed by atoms with Crippen molar-refractivity contribution in [1.29, 1.82) is 0 Å². The fourth-order valence-corrected chi connectivity index (χ4v) is 2.79. The topological polar surface area (TPSA) is 65.2 Å². The van der Waals surface area contributed by atoms with E-state index in [0.29, 0.717) is 0 Å². The van der Waals surface area contributed by atoms with Crippen LogP contribution in [0.15, 0.2) is 17.5 Å². The summed E-state index contributed by atoms with van der Waals surface area (Å²) in [6.45, 7) is 4.01. The van der Waals surface area contributed by atoms with Gasteiger partial charge in [-0.15, -0.1) is 11.3 Å². The number of ether oxygens (including phenoxy) is 1. The Hall–Kier alpha value is -1.88. The van der Waals surface area contributed by atoms with Gasteiger partial charge in [0.05, 0.1) is 12.7 Å². The second-order valence-electron chi connectivity index (χ2n) is 4.06. The zero-order chi connectivity index (χ0) is 13.3. The first kappa shape index (κ1) is 12.6. The lowest BCUT2D eigenvalue weighted by Crippen LogP contribution is -2.11. The minimum Gasteiger partial charge on any atom is -0.496 e. The number of amides is 1. The number of primary amides is 1. The minimum atomic E-state index is -0.513. The van der Waals surface area contributed by atoms with Gasteiger partial charge in [0.15, 0.2) is 0 Å². The summed E-state index contributed by atoms with van der Waals surface area (Å²) in [6, 6.07) is 4.01. The van der Waals surface area contributed by atoms with E-state index in [4.69, 9.17) is 10.5 Å². The maximum Gasteiger partial charge on any atom is 0.268 e. The quantitative estimate of drug-likeness (QED) is 0.924. The maximum absolute atomic E-state index is 11.1. The number of methoxy groups -OCH3 is 1. The summed E-state index contributed by atoms with van der Waals surface area (Å²) >= 11 is 1.39. The van der Waals surface area contributed by atoms with Crippen molar-refractivity contribution in [3.63, 3.8) is 0 Å². The molecule has 0 radical (unpaired) electrons. The van der Waals surface area contributed by atoms with Crippen LogP contribution < -0.4 is 10.5 Å². The molecule has 94 valence electrons. The second-order valence-corrected chi connectivity index (χ2v) is 4.92. The number of hydrogen-bond acceptors (Lipinski definition) is 4. The van der Waals surface area contributed by atoms with E-state index < -0.39 is 5.91 Å². The van der Waals surface area contributed by atoms with E-state index in [9.17, 15) is 4.79 Å². The number of thiazole rings is 1. The standard InChI is InChI=1S/C13H14N2O2S/c1-7-4-8(2)11(10(5-7)17-3)13-15-9(6-18-13)12(14)16/h4-6H,1-3H3,(H2,14,16). The Labute approximate surface area is 109 Å². The van der Waals surface area contributed by atoms with Crippen molar-refractivity contribution < 1.29 is 9.53 Å². The number of carbonyl (C=O) groups excluding carboxylic acids is 1. The number of hydrogen-bond donors (Lipinski definition) is 1. The van der Waals surface area contributed by atoms with Crippen LogP contribution in [0, 0.1) is 13.8 Å². The SMILES string of the molecule is COc1cc(C)cc(C)c1-c1nc(C(N)=O)cs1. The van der Waals surface area contributed by atoms with Gasteiger partial charge in [-0.1, -0.05) is 6.07 Å². The molecule has 0 unspecified atom stereocenters. The van der Waals surface area contributed by atoms with Crippen molar-refractivity contribution in [1.82, 2.24) is 4.98 Å². The van der Waals surface area contributed by atoms with Gasteiger partial charge in [-0.05, 0) is 31.0 Å². The lowest BCUT2D eigenvalue weighted by atomic mass is 10.0. The van der Waals surface area contributed by atoms with Crippen molar-refractivity contribution in [2.45, 2.75) is 13.8 Å². The maximum atomic E-state index is 11.1. The third kappa shape index (κ3) is 2.22. The molecule has 0 aliphatic heterocycles. The molecule has 0 spiro atoms. The number of aryl methyl sites for hydroxylation is 2. The summed E-state index contributed by atoms with van der Waals surface area (Å²) in [5.74, 6) is 0.249. The van der Waals surface area contributed by atoms with E-state index in [1.807, 2.05) is 19.9 Å². The Balaban J connectivity index is 2.58. The van der Waals surface area contributed by atoms with Gasteiger partial charge in [0.1, 0.15) is 16.5 Å². The van der Waals surface area contributed by atoms with Gasteiger partial charge in [0, 0.05) is 5.38 Å². The van der Waals surface area contributed by atoms with Crippen molar-refractivity contribution in [2.24, 2.45) is 5.73 Å². The van der Waals surface area contributed by atoms with Crippen LogP contribution in [0.1, 0.15) is 21.6 Å². The molecule has 0 aliphatic rings. The summed E-state index contributed by atoms with van der Waals surface area (Å²) in [5, 5.41) is 2.41. The first-order valence-corrected chi connectivity index (χ1v) is 6.32. The molecule has 1 amide bonds. The van der Waals surface area contributed by atoms with E-state index in [-0.39, 0.29) is 5.69 Å². The Bertz CT molecular complexity index is 605. The predicted molar refractivity (Wildman–Crippen MR) is 72.1 cm³/mol. The lowest BCUT2D eigenvalue weighted by Gasteiger charge is -2.10. The highest BCUT2D eigenvalue weighted by molar-refractivity contribution is 7.13. The molecule has 5 heteroatoms. The molecule has 2 rings (SSSR count). The Morgan fingerprint density at radius 3 is 2.67 bits per heavy atom. The monoisotopic (exact) mass is 262 g/mol. The van der Waals surface area contributed by atoms with Crippen molar-refractivity contribution >= 4 is 17.2 Å². The second kappa shape index (κ2) is 4.78. The van der Waals surface area contributed by atoms with Gasteiger partial charge in [0.2, 0.25) is 0 Å². The van der Waals surface area contributed by atoms with E-state index >= 15 is 0 Å². The van der Waals surface area contributed by atoms with Crippen molar-refractivity contribution in [3.8, 4) is 16.3 Å². The van der Waals surface area contributed by atoms with Crippen LogP contribution in [-0.4, -0.2) is 18.0 Å². The molecular weight excluding hydrogens is 248 g/mol. The number of rotatable bonds is 3. The highest BCUT2D eigenvalue weighted by atomic mass is 32.1. The van der Waals surface area contributed by atoms with Crippen molar-refractivity contribution in [3.05, 3.63) is 34.3 Å². The van der Waals surface area contributed by atoms with Crippen LogP contribution in [0.4, 0.5) is 0 Å². The van der Waals surface area contributed by atoms with E-state index in [1.54, 1.807) is 12.5 Å². The molecule has 0 fully saturated rings. The lowest BCUT2D eigenvalue weighted by molar-refractivity contribution is 0.0996. The third-order valence-corrected chi connectivity index (χ3v) is 3.49. The Morgan fingerprint density at radius 2 is 2.11 bits per heavy atom. The molecule has 0 saturated heterocycles. The number of nitrogens with two attached hydrogens (primary N) is 1. The van der Waals surface area contributed by atoms with Gasteiger partial charge in [-0.2, -0.15) is 0 Å². The zero-order valence-corrected chi connectivity index (χ0v) is 11.3. The van der Waals surface area contributed by atoms with Crippen LogP contribution in [0.5, 0.6) is 5.75 Å². The molecule has 0 saturated carbocycles. The molecule has 4 nitrogen and oxygen atoms in total. The molecule has 2 aromatic rings. The van der Waals surface area contributed by atoms with Gasteiger partial charge < -0.3 is 10.5 Å². The minimum absolute atomic E-state index is 0.289. The highest BCUT2D eigenvalue weighted by Crippen LogP contribution is 2.35. The van der Waals surface area contributed by atoms with Crippen LogP contribution in [0.3, 0.4) is 0 Å². The number of benzene rings is 1. The van der Waals surface area contributed by atoms with Gasteiger partial charge in [-0.25, -0.2) is 4.98 Å². The molecule has 1 heterocycles. The summed E-state index contributed by atoms with van der Waals surface area (Å²) in [6.07, 6.45) is 0. The summed E-state index contributed by atoms with van der Waals surface area (Å²) < 4.78 is 5.38. The highest BCUT2D eigenvalue weighted by Gasteiger charge is 2.15. The average molecular weight is 262 g/mol. The molecule has 18 heavy (non-hydrogen) atoms. The van der Waals surface area contributed by atoms with Gasteiger partial charge in [0.25, 0.3) is 5.91 Å². The fourth-order valence-electron chi connectivity index (χ4n) is 1.87. The van der Waals surface area contributed by atoms with E-state index in [2.05, 4.69) is 11.1 Å². The first-order chi connectivity index (χ1) is 8.52. The molecule has 0 atom stereocenters. The first-order valence-electron chi connectivity index (χ1n) is 5.44. The molecule has 0 aliphatic carbocycles. The van der Waals surface area contributed by atoms with Crippen molar-refractivity contribution in [2.75, 3.05) is 7.11 Å². The third-order valence-electron chi connectivity index (χ3n) is 2.63. The summed E-state index contributed by atoms with van der Waals surface area (Å²) in [4.78, 5) is 15.3. The molecule has 2 N–H and O–H groups in total. The molecular formula is C13H14N2O2S. The van der Waals surface area contributed by atoms with Gasteiger partial charge >= 0.3 is 0 Å².